The fourth-order valence-electron chi connectivity index (χ4n) is 2.27. The maximum Gasteiger partial charge on any atom is 0.0626 e. The fourth-order valence-corrected chi connectivity index (χ4v) is 3.55. The summed E-state index contributed by atoms with van der Waals surface area (Å²) in [7, 11) is 0. The van der Waals surface area contributed by atoms with Gasteiger partial charge in [-0.15, -0.1) is 11.8 Å². The molecular weight excluding hydrogens is 286 g/mol. The van der Waals surface area contributed by atoms with Crippen LogP contribution in [0.5, 0.6) is 0 Å². The first-order valence-corrected chi connectivity index (χ1v) is 7.82. The number of thioether (sulfide) groups is 1. The normalized spacial score (nSPS) is 21.6. The second kappa shape index (κ2) is 6.29. The van der Waals surface area contributed by atoms with Crippen LogP contribution >= 0.6 is 23.4 Å². The molecule has 3 heteroatoms. The predicted molar refractivity (Wildman–Crippen MR) is 88.0 cm³/mol. The number of pyridine rings is 1. The van der Waals surface area contributed by atoms with E-state index in [4.69, 9.17) is 11.6 Å². The first-order chi connectivity index (χ1) is 9.84. The van der Waals surface area contributed by atoms with Crippen molar-refractivity contribution >= 4 is 29.4 Å². The number of aromatic nitrogens is 1. The average molecular weight is 300 g/mol. The molecule has 0 radical (unpaired) electrons. The molecule has 1 aromatic carbocycles. The van der Waals surface area contributed by atoms with E-state index in [2.05, 4.69) is 34.7 Å². The molecule has 2 aromatic rings. The Morgan fingerprint density at radius 2 is 1.95 bits per heavy atom. The maximum absolute atomic E-state index is 6.31. The van der Waals surface area contributed by atoms with Crippen LogP contribution in [0.3, 0.4) is 0 Å². The Morgan fingerprint density at radius 3 is 2.75 bits per heavy atom. The van der Waals surface area contributed by atoms with Crippen molar-refractivity contribution < 1.29 is 0 Å². The topological polar surface area (TPSA) is 12.9 Å². The first kappa shape index (κ1) is 13.5. The summed E-state index contributed by atoms with van der Waals surface area (Å²) < 4.78 is 0. The summed E-state index contributed by atoms with van der Waals surface area (Å²) in [6, 6.07) is 14.0. The van der Waals surface area contributed by atoms with Crippen molar-refractivity contribution in [3.8, 4) is 0 Å². The lowest BCUT2D eigenvalue weighted by Gasteiger charge is -2.16. The lowest BCUT2D eigenvalue weighted by molar-refractivity contribution is 0.899. The van der Waals surface area contributed by atoms with Gasteiger partial charge in [-0.3, -0.25) is 4.98 Å². The van der Waals surface area contributed by atoms with Crippen LogP contribution in [-0.2, 0) is 0 Å². The quantitative estimate of drug-likeness (QED) is 0.776. The Bertz CT molecular complexity index is 636. The standard InChI is InChI=1S/C17H14ClNS/c18-16-7-2-1-6-14(16)15-10-12-20-17(15)9-8-13-5-3-4-11-19-13/h1-12,15,17H. The van der Waals surface area contributed by atoms with Gasteiger partial charge >= 0.3 is 0 Å². The number of hydrogen-bond acceptors (Lipinski definition) is 2. The summed E-state index contributed by atoms with van der Waals surface area (Å²) in [6.07, 6.45) is 8.32. The van der Waals surface area contributed by atoms with Crippen LogP contribution < -0.4 is 0 Å². The van der Waals surface area contributed by atoms with E-state index in [1.807, 2.05) is 54.4 Å². The molecule has 0 aliphatic carbocycles. The summed E-state index contributed by atoms with van der Waals surface area (Å²) in [5.74, 6) is 0.327. The van der Waals surface area contributed by atoms with Crippen molar-refractivity contribution in [1.82, 2.24) is 4.98 Å². The smallest absolute Gasteiger partial charge is 0.0626 e. The molecule has 1 nitrogen and oxygen atoms in total. The molecule has 1 aromatic heterocycles. The molecule has 0 amide bonds. The Labute approximate surface area is 128 Å². The summed E-state index contributed by atoms with van der Waals surface area (Å²) in [5, 5.41) is 3.36. The summed E-state index contributed by atoms with van der Waals surface area (Å²) in [5.41, 5.74) is 2.17. The van der Waals surface area contributed by atoms with Crippen molar-refractivity contribution in [1.29, 1.82) is 0 Å². The highest BCUT2D eigenvalue weighted by Gasteiger charge is 2.24. The zero-order chi connectivity index (χ0) is 13.8. The van der Waals surface area contributed by atoms with Gasteiger partial charge in [-0.1, -0.05) is 48.0 Å². The Balaban J connectivity index is 1.81. The molecule has 0 bridgehead atoms. The Morgan fingerprint density at radius 1 is 1.10 bits per heavy atom. The van der Waals surface area contributed by atoms with Gasteiger partial charge in [0.05, 0.1) is 5.69 Å². The molecule has 0 saturated heterocycles. The molecule has 0 spiro atoms. The van der Waals surface area contributed by atoms with E-state index >= 15 is 0 Å². The van der Waals surface area contributed by atoms with Crippen LogP contribution in [-0.4, -0.2) is 10.2 Å². The average Bonchev–Trinajstić information content (AvgIpc) is 2.95. The second-order valence-electron chi connectivity index (χ2n) is 4.59. The lowest BCUT2D eigenvalue weighted by atomic mass is 9.95. The zero-order valence-electron chi connectivity index (χ0n) is 10.8. The number of benzene rings is 1. The van der Waals surface area contributed by atoms with E-state index in [-0.39, 0.29) is 0 Å². The lowest BCUT2D eigenvalue weighted by Crippen LogP contribution is -2.07. The maximum atomic E-state index is 6.31. The third-order valence-corrected chi connectivity index (χ3v) is 4.71. The van der Waals surface area contributed by atoms with Crippen molar-refractivity contribution in [3.63, 3.8) is 0 Å². The molecule has 2 unspecified atom stereocenters. The number of hydrogen-bond donors (Lipinski definition) is 0. The SMILES string of the molecule is Clc1ccccc1C1C=CSC1C=Cc1ccccn1. The van der Waals surface area contributed by atoms with Gasteiger partial charge < -0.3 is 0 Å². The fraction of sp³-hybridized carbons (Fsp3) is 0.118. The van der Waals surface area contributed by atoms with Gasteiger partial charge in [0.15, 0.2) is 0 Å². The van der Waals surface area contributed by atoms with Gasteiger partial charge in [0.2, 0.25) is 0 Å². The predicted octanol–water partition coefficient (Wildman–Crippen LogP) is 5.16. The van der Waals surface area contributed by atoms with Gasteiger partial charge in [-0.05, 0) is 35.2 Å². The van der Waals surface area contributed by atoms with E-state index in [1.165, 1.54) is 5.56 Å². The minimum atomic E-state index is 0.327. The third kappa shape index (κ3) is 2.97. The summed E-state index contributed by atoms with van der Waals surface area (Å²) >= 11 is 8.13. The van der Waals surface area contributed by atoms with E-state index in [0.29, 0.717) is 11.2 Å². The van der Waals surface area contributed by atoms with Gasteiger partial charge in [0.25, 0.3) is 0 Å². The Kier molecular flexibility index (Phi) is 4.24. The minimum absolute atomic E-state index is 0.327. The Hall–Kier alpha value is -1.51. The molecule has 3 rings (SSSR count). The van der Waals surface area contributed by atoms with Gasteiger partial charge in [0.1, 0.15) is 0 Å². The molecular formula is C17H14ClNS. The largest absolute Gasteiger partial charge is 0.257 e. The van der Waals surface area contributed by atoms with Crippen LogP contribution in [0.25, 0.3) is 6.08 Å². The molecule has 2 heterocycles. The molecule has 1 aliphatic heterocycles. The van der Waals surface area contributed by atoms with E-state index in [1.54, 1.807) is 0 Å². The number of halogens is 1. The zero-order valence-corrected chi connectivity index (χ0v) is 12.4. The summed E-state index contributed by atoms with van der Waals surface area (Å²) in [6.45, 7) is 0. The molecule has 0 N–H and O–H groups in total. The first-order valence-electron chi connectivity index (χ1n) is 6.50. The number of allylic oxidation sites excluding steroid dienone is 1. The van der Waals surface area contributed by atoms with Crippen LogP contribution in [0, 0.1) is 0 Å². The molecule has 0 saturated carbocycles. The van der Waals surface area contributed by atoms with Crippen LogP contribution in [0.2, 0.25) is 5.02 Å². The van der Waals surface area contributed by atoms with Crippen molar-refractivity contribution in [3.05, 3.63) is 82.5 Å². The van der Waals surface area contributed by atoms with Crippen LogP contribution in [0.1, 0.15) is 17.2 Å². The van der Waals surface area contributed by atoms with E-state index in [9.17, 15) is 0 Å². The van der Waals surface area contributed by atoms with Gasteiger partial charge in [-0.2, -0.15) is 0 Å². The monoisotopic (exact) mass is 299 g/mol. The van der Waals surface area contributed by atoms with Crippen LogP contribution in [0.4, 0.5) is 0 Å². The van der Waals surface area contributed by atoms with Crippen LogP contribution in [0.15, 0.2) is 66.2 Å². The van der Waals surface area contributed by atoms with E-state index < -0.39 is 0 Å². The molecule has 20 heavy (non-hydrogen) atoms. The second-order valence-corrected chi connectivity index (χ2v) is 6.09. The molecule has 2 atom stereocenters. The third-order valence-electron chi connectivity index (χ3n) is 3.28. The molecule has 1 aliphatic rings. The highest BCUT2D eigenvalue weighted by Crippen LogP contribution is 2.40. The highest BCUT2D eigenvalue weighted by molar-refractivity contribution is 8.03. The number of rotatable bonds is 3. The van der Waals surface area contributed by atoms with Gasteiger partial charge in [-0.25, -0.2) is 0 Å². The van der Waals surface area contributed by atoms with Crippen molar-refractivity contribution in [2.45, 2.75) is 11.2 Å². The number of nitrogens with zero attached hydrogens (tertiary/aromatic N) is 1. The molecule has 100 valence electrons. The molecule has 0 fully saturated rings. The van der Waals surface area contributed by atoms with Crippen molar-refractivity contribution in [2.75, 3.05) is 0 Å². The summed E-state index contributed by atoms with van der Waals surface area (Å²) in [4.78, 5) is 4.31. The van der Waals surface area contributed by atoms with Gasteiger partial charge in [0, 0.05) is 22.4 Å². The highest BCUT2D eigenvalue weighted by atomic mass is 35.5. The minimum Gasteiger partial charge on any atom is -0.257 e. The van der Waals surface area contributed by atoms with E-state index in [0.717, 1.165) is 10.7 Å². The van der Waals surface area contributed by atoms with Crippen molar-refractivity contribution in [2.24, 2.45) is 0 Å².